The van der Waals surface area contributed by atoms with E-state index in [2.05, 4.69) is 36.1 Å². The van der Waals surface area contributed by atoms with Crippen LogP contribution in [0, 0.1) is 6.92 Å². The van der Waals surface area contributed by atoms with Crippen molar-refractivity contribution in [2.75, 3.05) is 46.4 Å². The number of hydrogen-bond acceptors (Lipinski definition) is 3. The molecule has 2 saturated heterocycles. The van der Waals surface area contributed by atoms with Crippen LogP contribution in [0.3, 0.4) is 0 Å². The summed E-state index contributed by atoms with van der Waals surface area (Å²) in [4.78, 5) is 19.1. The van der Waals surface area contributed by atoms with Crippen LogP contribution in [0.5, 0.6) is 0 Å². The van der Waals surface area contributed by atoms with Crippen LogP contribution in [-0.4, -0.2) is 73.2 Å². The molecule has 2 heterocycles. The lowest BCUT2D eigenvalue weighted by atomic mass is 10.1. The van der Waals surface area contributed by atoms with Crippen LogP contribution in [0.1, 0.15) is 24.0 Å². The Morgan fingerprint density at radius 1 is 1.00 bits per heavy atom. The molecule has 0 bridgehead atoms. The molecule has 0 saturated carbocycles. The monoisotopic (exact) mass is 331 g/mol. The van der Waals surface area contributed by atoms with Crippen molar-refractivity contribution in [2.45, 2.75) is 32.4 Å². The van der Waals surface area contributed by atoms with Crippen molar-refractivity contribution >= 4 is 6.03 Å². The number of amides is 2. The Labute approximate surface area is 145 Å². The van der Waals surface area contributed by atoms with E-state index in [1.54, 1.807) is 7.11 Å². The summed E-state index contributed by atoms with van der Waals surface area (Å²) in [7, 11) is 1.76. The number of nitrogens with zero attached hydrogens (tertiary/aromatic N) is 3. The highest BCUT2D eigenvalue weighted by molar-refractivity contribution is 5.74. The molecule has 2 aliphatic rings. The van der Waals surface area contributed by atoms with Gasteiger partial charge in [-0.2, -0.15) is 0 Å². The van der Waals surface area contributed by atoms with Crippen molar-refractivity contribution in [3.63, 3.8) is 0 Å². The number of benzene rings is 1. The molecule has 2 aliphatic heterocycles. The van der Waals surface area contributed by atoms with Crippen LogP contribution in [0.25, 0.3) is 0 Å². The molecule has 1 aromatic rings. The van der Waals surface area contributed by atoms with Gasteiger partial charge in [0.05, 0.1) is 6.10 Å². The number of urea groups is 1. The number of carbonyl (C=O) groups is 1. The molecular weight excluding hydrogens is 302 g/mol. The van der Waals surface area contributed by atoms with Gasteiger partial charge in [-0.1, -0.05) is 29.8 Å². The van der Waals surface area contributed by atoms with E-state index in [4.69, 9.17) is 4.74 Å². The van der Waals surface area contributed by atoms with E-state index in [0.717, 1.165) is 58.7 Å². The zero-order valence-corrected chi connectivity index (χ0v) is 14.9. The first-order valence-corrected chi connectivity index (χ1v) is 9.00. The van der Waals surface area contributed by atoms with Crippen molar-refractivity contribution < 1.29 is 9.53 Å². The highest BCUT2D eigenvalue weighted by Gasteiger charge is 2.28. The number of carbonyl (C=O) groups excluding carboxylic acids is 1. The zero-order chi connectivity index (χ0) is 16.9. The topological polar surface area (TPSA) is 36.0 Å². The molecule has 0 atom stereocenters. The van der Waals surface area contributed by atoms with Crippen LogP contribution >= 0.6 is 0 Å². The summed E-state index contributed by atoms with van der Waals surface area (Å²) in [5.41, 5.74) is 2.65. The van der Waals surface area contributed by atoms with Crippen molar-refractivity contribution in [1.82, 2.24) is 14.7 Å². The third-order valence-electron chi connectivity index (χ3n) is 5.22. The summed E-state index contributed by atoms with van der Waals surface area (Å²) in [6.45, 7) is 8.29. The quantitative estimate of drug-likeness (QED) is 0.853. The standard InChI is InChI=1S/C19H29N3O2/c1-16-3-5-17(6-4-16)15-20-11-13-22(14-12-20)19(23)21-9-7-18(24-2)8-10-21/h3-6,18H,7-15H2,1-2H3. The number of piperidine rings is 1. The van der Waals surface area contributed by atoms with Gasteiger partial charge in [-0.05, 0) is 25.3 Å². The minimum atomic E-state index is 0.208. The Kier molecular flexibility index (Phi) is 5.74. The van der Waals surface area contributed by atoms with E-state index in [1.165, 1.54) is 11.1 Å². The SMILES string of the molecule is COC1CCN(C(=O)N2CCN(Cc3ccc(C)cc3)CC2)CC1. The fourth-order valence-electron chi connectivity index (χ4n) is 3.53. The van der Waals surface area contributed by atoms with E-state index >= 15 is 0 Å². The Morgan fingerprint density at radius 3 is 2.17 bits per heavy atom. The Hall–Kier alpha value is -1.59. The van der Waals surface area contributed by atoms with Crippen molar-refractivity contribution in [3.8, 4) is 0 Å². The number of methoxy groups -OCH3 is 1. The smallest absolute Gasteiger partial charge is 0.320 e. The number of ether oxygens (including phenoxy) is 1. The fraction of sp³-hybridized carbons (Fsp3) is 0.632. The maximum Gasteiger partial charge on any atom is 0.320 e. The summed E-state index contributed by atoms with van der Waals surface area (Å²) >= 11 is 0. The third-order valence-corrected chi connectivity index (χ3v) is 5.22. The van der Waals surface area contributed by atoms with Gasteiger partial charge >= 0.3 is 6.03 Å². The molecule has 2 amide bonds. The van der Waals surface area contributed by atoms with E-state index in [-0.39, 0.29) is 6.03 Å². The lowest BCUT2D eigenvalue weighted by Gasteiger charge is -2.39. The molecule has 0 N–H and O–H groups in total. The number of aryl methyl sites for hydroxylation is 1. The van der Waals surface area contributed by atoms with Gasteiger partial charge in [0.25, 0.3) is 0 Å². The normalized spacial score (nSPS) is 20.4. The maximum absolute atomic E-state index is 12.6. The van der Waals surface area contributed by atoms with Gasteiger partial charge < -0.3 is 14.5 Å². The lowest BCUT2D eigenvalue weighted by Crippen LogP contribution is -2.54. The zero-order valence-electron chi connectivity index (χ0n) is 14.9. The molecule has 0 aliphatic carbocycles. The molecule has 0 radical (unpaired) electrons. The second kappa shape index (κ2) is 7.99. The lowest BCUT2D eigenvalue weighted by molar-refractivity contribution is 0.0405. The Balaban J connectivity index is 1.44. The molecule has 5 heteroatoms. The van der Waals surface area contributed by atoms with E-state index in [9.17, 15) is 4.79 Å². The van der Waals surface area contributed by atoms with Crippen LogP contribution < -0.4 is 0 Å². The minimum absolute atomic E-state index is 0.208. The summed E-state index contributed by atoms with van der Waals surface area (Å²) in [5.74, 6) is 0. The van der Waals surface area contributed by atoms with Gasteiger partial charge in [0.15, 0.2) is 0 Å². The number of hydrogen-bond donors (Lipinski definition) is 0. The third kappa shape index (κ3) is 4.28. The predicted octanol–water partition coefficient (Wildman–Crippen LogP) is 2.34. The maximum atomic E-state index is 12.6. The second-order valence-corrected chi connectivity index (χ2v) is 6.95. The Morgan fingerprint density at radius 2 is 1.58 bits per heavy atom. The van der Waals surface area contributed by atoms with E-state index in [0.29, 0.717) is 6.10 Å². The molecule has 0 aromatic heterocycles. The first-order valence-electron chi connectivity index (χ1n) is 9.00. The van der Waals surface area contributed by atoms with Crippen LogP contribution in [0.2, 0.25) is 0 Å². The largest absolute Gasteiger partial charge is 0.381 e. The van der Waals surface area contributed by atoms with E-state index in [1.807, 2.05) is 9.80 Å². The van der Waals surface area contributed by atoms with Gasteiger partial charge in [-0.15, -0.1) is 0 Å². The molecule has 132 valence electrons. The summed E-state index contributed by atoms with van der Waals surface area (Å²) in [5, 5.41) is 0. The first-order chi connectivity index (χ1) is 11.7. The molecule has 1 aromatic carbocycles. The molecule has 2 fully saturated rings. The van der Waals surface area contributed by atoms with Crippen molar-refractivity contribution in [3.05, 3.63) is 35.4 Å². The fourth-order valence-corrected chi connectivity index (χ4v) is 3.53. The molecular formula is C19H29N3O2. The average Bonchev–Trinajstić information content (AvgIpc) is 2.64. The molecule has 0 spiro atoms. The highest BCUT2D eigenvalue weighted by atomic mass is 16.5. The van der Waals surface area contributed by atoms with Crippen LogP contribution in [0.15, 0.2) is 24.3 Å². The van der Waals surface area contributed by atoms with Crippen molar-refractivity contribution in [1.29, 1.82) is 0 Å². The van der Waals surface area contributed by atoms with Gasteiger partial charge in [0, 0.05) is 52.9 Å². The minimum Gasteiger partial charge on any atom is -0.381 e. The van der Waals surface area contributed by atoms with Gasteiger partial charge in [0.1, 0.15) is 0 Å². The predicted molar refractivity (Wildman–Crippen MR) is 95.0 cm³/mol. The second-order valence-electron chi connectivity index (χ2n) is 6.95. The Bertz CT molecular complexity index is 530. The van der Waals surface area contributed by atoms with Gasteiger partial charge in [-0.25, -0.2) is 4.79 Å². The van der Waals surface area contributed by atoms with Crippen molar-refractivity contribution in [2.24, 2.45) is 0 Å². The molecule has 24 heavy (non-hydrogen) atoms. The van der Waals surface area contributed by atoms with Gasteiger partial charge in [0.2, 0.25) is 0 Å². The summed E-state index contributed by atoms with van der Waals surface area (Å²) in [6.07, 6.45) is 2.23. The van der Waals surface area contributed by atoms with Gasteiger partial charge in [-0.3, -0.25) is 4.90 Å². The summed E-state index contributed by atoms with van der Waals surface area (Å²) in [6, 6.07) is 8.94. The first kappa shape index (κ1) is 17.2. The van der Waals surface area contributed by atoms with E-state index < -0.39 is 0 Å². The average molecular weight is 331 g/mol. The highest BCUT2D eigenvalue weighted by Crippen LogP contribution is 2.16. The number of likely N-dealkylation sites (tertiary alicyclic amines) is 1. The van der Waals surface area contributed by atoms with Crippen LogP contribution in [-0.2, 0) is 11.3 Å². The molecule has 0 unspecified atom stereocenters. The number of piperazine rings is 1. The van der Waals surface area contributed by atoms with Crippen LogP contribution in [0.4, 0.5) is 4.79 Å². The molecule has 5 nitrogen and oxygen atoms in total. The summed E-state index contributed by atoms with van der Waals surface area (Å²) < 4.78 is 5.38. The number of rotatable bonds is 3. The molecule has 3 rings (SSSR count).